The van der Waals surface area contributed by atoms with E-state index in [-0.39, 0.29) is 22.7 Å². The molecule has 0 radical (unpaired) electrons. The molecule has 0 saturated heterocycles. The van der Waals surface area contributed by atoms with Gasteiger partial charge in [0.15, 0.2) is 9.84 Å². The largest absolute Gasteiger partial charge is 0.334 e. The summed E-state index contributed by atoms with van der Waals surface area (Å²) >= 11 is 1.24. The standard InChI is InChI=1S/C21H20FNO3S2/c1-14(15-8-10-16(11-9-15)28(3,25)26)23(2)21(24)20-13-12-19(27-20)17-6-4-5-7-18(17)22/h4-14H,1-3H3/t14-/m1/s1. The molecule has 146 valence electrons. The minimum Gasteiger partial charge on any atom is -0.334 e. The van der Waals surface area contributed by atoms with Crippen molar-refractivity contribution in [2.45, 2.75) is 17.9 Å². The van der Waals surface area contributed by atoms with Crippen LogP contribution in [-0.2, 0) is 9.84 Å². The lowest BCUT2D eigenvalue weighted by Crippen LogP contribution is -2.29. The summed E-state index contributed by atoms with van der Waals surface area (Å²) in [6, 6.07) is 16.2. The Kier molecular flexibility index (Phi) is 5.67. The van der Waals surface area contributed by atoms with Gasteiger partial charge < -0.3 is 4.90 Å². The molecule has 0 bridgehead atoms. The second kappa shape index (κ2) is 7.85. The molecule has 0 aliphatic heterocycles. The highest BCUT2D eigenvalue weighted by Crippen LogP contribution is 2.32. The van der Waals surface area contributed by atoms with E-state index in [1.807, 2.05) is 6.92 Å². The van der Waals surface area contributed by atoms with Gasteiger partial charge in [-0.3, -0.25) is 4.79 Å². The van der Waals surface area contributed by atoms with Gasteiger partial charge >= 0.3 is 0 Å². The van der Waals surface area contributed by atoms with Crippen molar-refractivity contribution in [3.63, 3.8) is 0 Å². The van der Waals surface area contributed by atoms with Crippen LogP contribution in [0.5, 0.6) is 0 Å². The van der Waals surface area contributed by atoms with Gasteiger partial charge in [-0.2, -0.15) is 0 Å². The van der Waals surface area contributed by atoms with E-state index in [2.05, 4.69) is 0 Å². The Balaban J connectivity index is 1.80. The SMILES string of the molecule is C[C@H](c1ccc(S(C)(=O)=O)cc1)N(C)C(=O)c1ccc(-c2ccccc2F)s1. The molecule has 0 unspecified atom stereocenters. The van der Waals surface area contributed by atoms with Crippen LogP contribution < -0.4 is 0 Å². The lowest BCUT2D eigenvalue weighted by molar-refractivity contribution is 0.0747. The monoisotopic (exact) mass is 417 g/mol. The predicted molar refractivity (Wildman–Crippen MR) is 110 cm³/mol. The number of halogens is 1. The van der Waals surface area contributed by atoms with Crippen LogP contribution in [0.2, 0.25) is 0 Å². The molecule has 4 nitrogen and oxygen atoms in total. The zero-order chi connectivity index (χ0) is 20.5. The van der Waals surface area contributed by atoms with E-state index in [1.54, 1.807) is 66.5 Å². The van der Waals surface area contributed by atoms with E-state index in [0.717, 1.165) is 11.8 Å². The lowest BCUT2D eigenvalue weighted by Gasteiger charge is -2.25. The molecule has 1 heterocycles. The molecule has 0 N–H and O–H groups in total. The first-order valence-electron chi connectivity index (χ1n) is 8.60. The molecule has 2 aromatic carbocycles. The quantitative estimate of drug-likeness (QED) is 0.600. The molecular formula is C21H20FNO3S2. The van der Waals surface area contributed by atoms with Crippen LogP contribution in [-0.4, -0.2) is 32.5 Å². The minimum absolute atomic E-state index is 0.174. The molecule has 28 heavy (non-hydrogen) atoms. The van der Waals surface area contributed by atoms with Crippen molar-refractivity contribution in [3.8, 4) is 10.4 Å². The van der Waals surface area contributed by atoms with Gasteiger partial charge in [0.2, 0.25) is 0 Å². The summed E-state index contributed by atoms with van der Waals surface area (Å²) in [5.74, 6) is -0.497. The van der Waals surface area contributed by atoms with Gasteiger partial charge in [0, 0.05) is 23.7 Å². The fraction of sp³-hybridized carbons (Fsp3) is 0.190. The zero-order valence-electron chi connectivity index (χ0n) is 15.7. The first-order valence-corrected chi connectivity index (χ1v) is 11.3. The van der Waals surface area contributed by atoms with Crippen LogP contribution in [0.25, 0.3) is 10.4 Å². The summed E-state index contributed by atoms with van der Waals surface area (Å²) in [6.45, 7) is 1.87. The third-order valence-electron chi connectivity index (χ3n) is 4.65. The van der Waals surface area contributed by atoms with Crippen LogP contribution in [0.15, 0.2) is 65.6 Å². The Morgan fingerprint density at radius 2 is 1.68 bits per heavy atom. The van der Waals surface area contributed by atoms with Crippen molar-refractivity contribution in [2.75, 3.05) is 13.3 Å². The van der Waals surface area contributed by atoms with Gasteiger partial charge in [0.05, 0.1) is 15.8 Å². The van der Waals surface area contributed by atoms with Gasteiger partial charge in [0.1, 0.15) is 5.82 Å². The summed E-state index contributed by atoms with van der Waals surface area (Å²) in [6.07, 6.45) is 1.16. The van der Waals surface area contributed by atoms with Gasteiger partial charge in [-0.25, -0.2) is 12.8 Å². The van der Waals surface area contributed by atoms with Crippen LogP contribution in [0.3, 0.4) is 0 Å². The molecule has 1 amide bonds. The Hall–Kier alpha value is -2.51. The zero-order valence-corrected chi connectivity index (χ0v) is 17.4. The average molecular weight is 418 g/mol. The van der Waals surface area contributed by atoms with Gasteiger partial charge in [0.25, 0.3) is 5.91 Å². The Labute approximate surface area is 168 Å². The Bertz CT molecular complexity index is 1100. The van der Waals surface area contributed by atoms with Crippen molar-refractivity contribution in [2.24, 2.45) is 0 Å². The first-order chi connectivity index (χ1) is 13.2. The Morgan fingerprint density at radius 3 is 2.29 bits per heavy atom. The average Bonchev–Trinajstić information content (AvgIpc) is 3.16. The van der Waals surface area contributed by atoms with Gasteiger partial charge in [-0.1, -0.05) is 30.3 Å². The van der Waals surface area contributed by atoms with E-state index in [4.69, 9.17) is 0 Å². The first kappa shape index (κ1) is 20.2. The van der Waals surface area contributed by atoms with Gasteiger partial charge in [-0.05, 0) is 42.8 Å². The molecule has 3 aromatic rings. The molecule has 0 aliphatic carbocycles. The van der Waals surface area contributed by atoms with Crippen molar-refractivity contribution >= 4 is 27.1 Å². The molecule has 1 atom stereocenters. The number of amides is 1. The highest BCUT2D eigenvalue weighted by atomic mass is 32.2. The molecule has 0 saturated carbocycles. The smallest absolute Gasteiger partial charge is 0.264 e. The Morgan fingerprint density at radius 1 is 1.04 bits per heavy atom. The minimum atomic E-state index is -3.26. The third kappa shape index (κ3) is 4.15. The fourth-order valence-electron chi connectivity index (χ4n) is 2.83. The van der Waals surface area contributed by atoms with E-state index >= 15 is 0 Å². The van der Waals surface area contributed by atoms with Gasteiger partial charge in [-0.15, -0.1) is 11.3 Å². The third-order valence-corrected chi connectivity index (χ3v) is 6.88. The maximum atomic E-state index is 14.0. The number of hydrogen-bond acceptors (Lipinski definition) is 4. The number of sulfone groups is 1. The number of thiophene rings is 1. The topological polar surface area (TPSA) is 54.5 Å². The maximum absolute atomic E-state index is 14.0. The van der Waals surface area contributed by atoms with E-state index < -0.39 is 9.84 Å². The highest BCUT2D eigenvalue weighted by Gasteiger charge is 2.21. The number of carbonyl (C=O) groups is 1. The summed E-state index contributed by atoms with van der Waals surface area (Å²) in [5.41, 5.74) is 1.30. The summed E-state index contributed by atoms with van der Waals surface area (Å²) in [5, 5.41) is 0. The van der Waals surface area contributed by atoms with Crippen molar-refractivity contribution < 1.29 is 17.6 Å². The van der Waals surface area contributed by atoms with Crippen LogP contribution in [0, 0.1) is 5.82 Å². The van der Waals surface area contributed by atoms with Crippen molar-refractivity contribution in [1.29, 1.82) is 0 Å². The highest BCUT2D eigenvalue weighted by molar-refractivity contribution is 7.90. The van der Waals surface area contributed by atoms with E-state index in [1.165, 1.54) is 17.4 Å². The molecule has 7 heteroatoms. The molecule has 3 rings (SSSR count). The molecule has 0 spiro atoms. The summed E-state index contributed by atoms with van der Waals surface area (Å²) in [7, 11) is -1.57. The van der Waals surface area contributed by atoms with Crippen LogP contribution in [0.4, 0.5) is 4.39 Å². The van der Waals surface area contributed by atoms with Crippen LogP contribution in [0.1, 0.15) is 28.2 Å². The number of carbonyl (C=O) groups excluding carboxylic acids is 1. The van der Waals surface area contributed by atoms with E-state index in [0.29, 0.717) is 15.3 Å². The number of rotatable bonds is 5. The summed E-state index contributed by atoms with van der Waals surface area (Å²) in [4.78, 5) is 15.9. The van der Waals surface area contributed by atoms with Crippen molar-refractivity contribution in [1.82, 2.24) is 4.90 Å². The maximum Gasteiger partial charge on any atom is 0.264 e. The molecular weight excluding hydrogens is 397 g/mol. The van der Waals surface area contributed by atoms with Crippen LogP contribution >= 0.6 is 11.3 Å². The van der Waals surface area contributed by atoms with Crippen molar-refractivity contribution in [3.05, 3.63) is 76.9 Å². The molecule has 0 aliphatic rings. The number of nitrogens with zero attached hydrogens (tertiary/aromatic N) is 1. The number of benzene rings is 2. The summed E-state index contributed by atoms with van der Waals surface area (Å²) < 4.78 is 37.2. The predicted octanol–water partition coefficient (Wildman–Crippen LogP) is 4.79. The molecule has 1 aromatic heterocycles. The molecule has 0 fully saturated rings. The van der Waals surface area contributed by atoms with E-state index in [9.17, 15) is 17.6 Å². The number of hydrogen-bond donors (Lipinski definition) is 0. The fourth-order valence-corrected chi connectivity index (χ4v) is 4.47. The normalized spacial score (nSPS) is 12.6. The second-order valence-electron chi connectivity index (χ2n) is 6.58. The second-order valence-corrected chi connectivity index (χ2v) is 9.68. The lowest BCUT2D eigenvalue weighted by atomic mass is 10.1.